The molecule has 0 radical (unpaired) electrons. The number of anilines is 1. The molecule has 0 spiro atoms. The summed E-state index contributed by atoms with van der Waals surface area (Å²) in [5.74, 6) is -0.898. The fraction of sp³-hybridized carbons (Fsp3) is 0.211. The second kappa shape index (κ2) is 6.28. The van der Waals surface area contributed by atoms with E-state index in [1.54, 1.807) is 24.3 Å². The second-order valence-electron chi connectivity index (χ2n) is 5.85. The Hall–Kier alpha value is -2.95. The molecule has 1 N–H and O–H groups in total. The largest absolute Gasteiger partial charge is 0.326 e. The maximum Gasteiger partial charge on any atom is 0.261 e. The molecule has 3 rings (SSSR count). The Balaban J connectivity index is 1.64. The Morgan fingerprint density at radius 3 is 2.21 bits per heavy atom. The van der Waals surface area contributed by atoms with Crippen molar-refractivity contribution in [1.82, 2.24) is 4.90 Å². The number of amides is 3. The van der Waals surface area contributed by atoms with E-state index < -0.39 is 0 Å². The number of hydrogen-bond donors (Lipinski definition) is 1. The van der Waals surface area contributed by atoms with Gasteiger partial charge in [0.15, 0.2) is 0 Å². The van der Waals surface area contributed by atoms with Gasteiger partial charge in [-0.3, -0.25) is 19.3 Å². The molecular weight excluding hydrogens is 304 g/mol. The summed E-state index contributed by atoms with van der Waals surface area (Å²) in [6.07, 6.45) is 0.0683. The number of aryl methyl sites for hydroxylation is 1. The summed E-state index contributed by atoms with van der Waals surface area (Å²) >= 11 is 0. The van der Waals surface area contributed by atoms with E-state index in [0.717, 1.165) is 21.7 Å². The Labute approximate surface area is 140 Å². The minimum atomic E-state index is -0.338. The van der Waals surface area contributed by atoms with E-state index in [2.05, 4.69) is 5.32 Å². The van der Waals surface area contributed by atoms with Gasteiger partial charge >= 0.3 is 0 Å². The third-order valence-corrected chi connectivity index (χ3v) is 4.32. The van der Waals surface area contributed by atoms with Crippen molar-refractivity contribution in [2.75, 3.05) is 11.9 Å². The number of carbonyl (C=O) groups is 3. The average Bonchev–Trinajstić information content (AvgIpc) is 2.82. The summed E-state index contributed by atoms with van der Waals surface area (Å²) in [7, 11) is 0. The third kappa shape index (κ3) is 2.80. The number of imide groups is 1. The van der Waals surface area contributed by atoms with Gasteiger partial charge in [0.05, 0.1) is 11.1 Å². The molecular formula is C19H18N2O3. The number of carbonyl (C=O) groups excluding carboxylic acids is 3. The van der Waals surface area contributed by atoms with E-state index >= 15 is 0 Å². The van der Waals surface area contributed by atoms with Crippen LogP contribution in [0.25, 0.3) is 0 Å². The highest BCUT2D eigenvalue weighted by Crippen LogP contribution is 2.23. The highest BCUT2D eigenvalue weighted by atomic mass is 16.2. The van der Waals surface area contributed by atoms with E-state index in [1.165, 1.54) is 0 Å². The Morgan fingerprint density at radius 1 is 0.958 bits per heavy atom. The summed E-state index contributed by atoms with van der Waals surface area (Å²) in [4.78, 5) is 37.8. The first-order chi connectivity index (χ1) is 11.5. The molecule has 5 nitrogen and oxygen atoms in total. The summed E-state index contributed by atoms with van der Waals surface area (Å²) < 4.78 is 0. The van der Waals surface area contributed by atoms with Crippen LogP contribution in [0.5, 0.6) is 0 Å². The lowest BCUT2D eigenvalue weighted by Crippen LogP contribution is -2.32. The van der Waals surface area contributed by atoms with Crippen LogP contribution in [0.1, 0.15) is 38.3 Å². The number of nitrogens with one attached hydrogen (secondary N) is 1. The fourth-order valence-electron chi connectivity index (χ4n) is 2.75. The molecule has 2 aromatic rings. The number of rotatable bonds is 4. The van der Waals surface area contributed by atoms with Gasteiger partial charge in [0.25, 0.3) is 11.8 Å². The van der Waals surface area contributed by atoms with Crippen molar-refractivity contribution in [3.63, 3.8) is 0 Å². The molecule has 0 bridgehead atoms. The molecule has 24 heavy (non-hydrogen) atoms. The van der Waals surface area contributed by atoms with Crippen molar-refractivity contribution >= 4 is 23.4 Å². The molecule has 0 saturated heterocycles. The van der Waals surface area contributed by atoms with Crippen molar-refractivity contribution in [3.8, 4) is 0 Å². The molecule has 1 heterocycles. The molecule has 0 unspecified atom stereocenters. The van der Waals surface area contributed by atoms with Gasteiger partial charge in [-0.25, -0.2) is 0 Å². The summed E-state index contributed by atoms with van der Waals surface area (Å²) in [6.45, 7) is 3.99. The van der Waals surface area contributed by atoms with Gasteiger partial charge in [0.1, 0.15) is 0 Å². The van der Waals surface area contributed by atoms with Crippen LogP contribution in [-0.2, 0) is 4.79 Å². The van der Waals surface area contributed by atoms with Crippen LogP contribution in [0.4, 0.5) is 5.69 Å². The van der Waals surface area contributed by atoms with Gasteiger partial charge < -0.3 is 5.32 Å². The highest BCUT2D eigenvalue weighted by Gasteiger charge is 2.34. The topological polar surface area (TPSA) is 66.5 Å². The molecule has 1 aliphatic rings. The lowest BCUT2D eigenvalue weighted by molar-refractivity contribution is -0.116. The lowest BCUT2D eigenvalue weighted by atomic mass is 10.1. The summed E-state index contributed by atoms with van der Waals surface area (Å²) in [5, 5.41) is 2.84. The summed E-state index contributed by atoms with van der Waals surface area (Å²) in [6, 6.07) is 12.4. The molecule has 2 aromatic carbocycles. The molecule has 0 fully saturated rings. The predicted octanol–water partition coefficient (Wildman–Crippen LogP) is 2.93. The lowest BCUT2D eigenvalue weighted by Gasteiger charge is -2.14. The Morgan fingerprint density at radius 2 is 1.58 bits per heavy atom. The highest BCUT2D eigenvalue weighted by molar-refractivity contribution is 6.21. The van der Waals surface area contributed by atoms with Gasteiger partial charge in [-0.2, -0.15) is 0 Å². The number of benzene rings is 2. The zero-order valence-corrected chi connectivity index (χ0v) is 13.6. The van der Waals surface area contributed by atoms with Crippen molar-refractivity contribution in [2.45, 2.75) is 20.3 Å². The second-order valence-corrected chi connectivity index (χ2v) is 5.85. The van der Waals surface area contributed by atoms with E-state index in [-0.39, 0.29) is 30.7 Å². The maximum atomic E-state index is 12.3. The van der Waals surface area contributed by atoms with Gasteiger partial charge in [-0.05, 0) is 43.2 Å². The monoisotopic (exact) mass is 322 g/mol. The number of fused-ring (bicyclic) bond motifs is 1. The molecule has 0 atom stereocenters. The van der Waals surface area contributed by atoms with Gasteiger partial charge in [0.2, 0.25) is 5.91 Å². The van der Waals surface area contributed by atoms with Crippen LogP contribution in [0.3, 0.4) is 0 Å². The van der Waals surface area contributed by atoms with Crippen LogP contribution < -0.4 is 5.32 Å². The van der Waals surface area contributed by atoms with Crippen molar-refractivity contribution in [2.24, 2.45) is 0 Å². The standard InChI is InChI=1S/C19H18N2O3/c1-12-6-5-9-16(13(12)2)20-17(22)10-11-21-18(23)14-7-3-4-8-15(14)19(21)24/h3-9H,10-11H2,1-2H3,(H,20,22). The average molecular weight is 322 g/mol. The third-order valence-electron chi connectivity index (χ3n) is 4.32. The predicted molar refractivity (Wildman–Crippen MR) is 91.0 cm³/mol. The maximum absolute atomic E-state index is 12.3. The molecule has 122 valence electrons. The molecule has 0 aromatic heterocycles. The van der Waals surface area contributed by atoms with Crippen molar-refractivity contribution in [3.05, 3.63) is 64.7 Å². The number of nitrogens with zero attached hydrogens (tertiary/aromatic N) is 1. The van der Waals surface area contributed by atoms with Crippen LogP contribution in [-0.4, -0.2) is 29.2 Å². The van der Waals surface area contributed by atoms with E-state index in [1.807, 2.05) is 32.0 Å². The Bertz CT molecular complexity index is 807. The van der Waals surface area contributed by atoms with Crippen LogP contribution in [0.2, 0.25) is 0 Å². The minimum absolute atomic E-state index is 0.0683. The molecule has 1 aliphatic heterocycles. The van der Waals surface area contributed by atoms with Crippen molar-refractivity contribution < 1.29 is 14.4 Å². The first kappa shape index (κ1) is 15.9. The normalized spacial score (nSPS) is 13.2. The van der Waals surface area contributed by atoms with Crippen molar-refractivity contribution in [1.29, 1.82) is 0 Å². The summed E-state index contributed by atoms with van der Waals surface area (Å²) in [5.41, 5.74) is 3.65. The van der Waals surface area contributed by atoms with Crippen LogP contribution in [0, 0.1) is 13.8 Å². The van der Waals surface area contributed by atoms with E-state index in [9.17, 15) is 14.4 Å². The molecule has 3 amide bonds. The van der Waals surface area contributed by atoms with Crippen LogP contribution in [0.15, 0.2) is 42.5 Å². The van der Waals surface area contributed by atoms with Crippen LogP contribution >= 0.6 is 0 Å². The molecule has 5 heteroatoms. The van der Waals surface area contributed by atoms with Gasteiger partial charge in [0, 0.05) is 18.7 Å². The Kier molecular flexibility index (Phi) is 4.16. The smallest absolute Gasteiger partial charge is 0.261 e. The van der Waals surface area contributed by atoms with Gasteiger partial charge in [-0.1, -0.05) is 24.3 Å². The zero-order chi connectivity index (χ0) is 17.3. The fourth-order valence-corrected chi connectivity index (χ4v) is 2.75. The van der Waals surface area contributed by atoms with E-state index in [0.29, 0.717) is 11.1 Å². The minimum Gasteiger partial charge on any atom is -0.326 e. The first-order valence-electron chi connectivity index (χ1n) is 7.80. The van der Waals surface area contributed by atoms with Gasteiger partial charge in [-0.15, -0.1) is 0 Å². The molecule has 0 saturated carbocycles. The zero-order valence-electron chi connectivity index (χ0n) is 13.6. The number of hydrogen-bond acceptors (Lipinski definition) is 3. The molecule has 0 aliphatic carbocycles. The quantitative estimate of drug-likeness (QED) is 0.880. The first-order valence-corrected chi connectivity index (χ1v) is 7.80. The van der Waals surface area contributed by atoms with E-state index in [4.69, 9.17) is 0 Å². The SMILES string of the molecule is Cc1cccc(NC(=O)CCN2C(=O)c3ccccc3C2=O)c1C.